The molecule has 3 rings (SSSR count). The molecule has 1 aromatic carbocycles. The maximum atomic E-state index is 12.8. The van der Waals surface area contributed by atoms with Crippen LogP contribution in [-0.4, -0.2) is 36.3 Å². The summed E-state index contributed by atoms with van der Waals surface area (Å²) in [7, 11) is 0. The second kappa shape index (κ2) is 9.19. The number of ether oxygens (including phenoxy) is 2. The first-order valence-corrected chi connectivity index (χ1v) is 9.20. The monoisotopic (exact) mass is 368 g/mol. The quantitative estimate of drug-likeness (QED) is 0.763. The summed E-state index contributed by atoms with van der Waals surface area (Å²) in [4.78, 5) is 25.1. The molecule has 0 unspecified atom stereocenters. The summed E-state index contributed by atoms with van der Waals surface area (Å²) in [6.45, 7) is 3.67. The maximum Gasteiger partial charge on any atom is 0.268 e. The average molecular weight is 368 g/mol. The number of pyridine rings is 1. The van der Waals surface area contributed by atoms with Gasteiger partial charge in [-0.25, -0.2) is 0 Å². The molecule has 1 fully saturated rings. The lowest BCUT2D eigenvalue weighted by atomic mass is 10.1. The van der Waals surface area contributed by atoms with Crippen molar-refractivity contribution >= 4 is 17.7 Å². The molecule has 6 nitrogen and oxygen atoms in total. The number of nitrogens with one attached hydrogen (secondary N) is 1. The number of benzene rings is 1. The lowest BCUT2D eigenvalue weighted by Crippen LogP contribution is -2.35. The normalized spacial score (nSPS) is 16.9. The van der Waals surface area contributed by atoms with E-state index in [1.807, 2.05) is 31.2 Å². The first-order chi connectivity index (χ1) is 13.2. The molecule has 1 aromatic heterocycles. The second-order valence-electron chi connectivity index (χ2n) is 6.29. The Morgan fingerprint density at radius 2 is 2.11 bits per heavy atom. The molecular formula is C21H24N2O4. The highest BCUT2D eigenvalue weighted by Gasteiger charge is 2.19. The van der Waals surface area contributed by atoms with Gasteiger partial charge in [0.15, 0.2) is 0 Å². The lowest BCUT2D eigenvalue weighted by Gasteiger charge is -2.14. The zero-order valence-electron chi connectivity index (χ0n) is 15.4. The van der Waals surface area contributed by atoms with Gasteiger partial charge in [-0.15, -0.1) is 0 Å². The van der Waals surface area contributed by atoms with E-state index in [0.29, 0.717) is 13.2 Å². The fourth-order valence-electron chi connectivity index (χ4n) is 2.96. The van der Waals surface area contributed by atoms with E-state index < -0.39 is 0 Å². The van der Waals surface area contributed by atoms with Crippen molar-refractivity contribution < 1.29 is 14.3 Å². The Morgan fingerprint density at radius 1 is 1.30 bits per heavy atom. The van der Waals surface area contributed by atoms with E-state index in [1.54, 1.807) is 24.4 Å². The maximum absolute atomic E-state index is 12.8. The van der Waals surface area contributed by atoms with Crippen LogP contribution in [0.15, 0.2) is 53.5 Å². The predicted octanol–water partition coefficient (Wildman–Crippen LogP) is 2.54. The van der Waals surface area contributed by atoms with E-state index in [2.05, 4.69) is 5.32 Å². The van der Waals surface area contributed by atoms with Gasteiger partial charge in [-0.2, -0.15) is 0 Å². The summed E-state index contributed by atoms with van der Waals surface area (Å²) in [5.74, 6) is 0.448. The number of amides is 1. The topological polar surface area (TPSA) is 69.6 Å². The number of carbonyl (C=O) groups is 1. The molecule has 27 heavy (non-hydrogen) atoms. The molecule has 0 spiro atoms. The summed E-state index contributed by atoms with van der Waals surface area (Å²) in [5.41, 5.74) is 0.807. The first kappa shape index (κ1) is 18.9. The molecule has 0 radical (unpaired) electrons. The lowest BCUT2D eigenvalue weighted by molar-refractivity contribution is -0.116. The van der Waals surface area contributed by atoms with E-state index in [0.717, 1.165) is 30.8 Å². The fourth-order valence-corrected chi connectivity index (χ4v) is 2.96. The fraction of sp³-hybridized carbons (Fsp3) is 0.333. The zero-order valence-corrected chi connectivity index (χ0v) is 15.4. The number of nitrogens with zero attached hydrogens (tertiary/aromatic N) is 1. The van der Waals surface area contributed by atoms with E-state index >= 15 is 0 Å². The number of hydrogen-bond donors (Lipinski definition) is 1. The summed E-state index contributed by atoms with van der Waals surface area (Å²) in [6, 6.07) is 12.2. The Morgan fingerprint density at radius 3 is 2.78 bits per heavy atom. The molecule has 1 atom stereocenters. The van der Waals surface area contributed by atoms with Gasteiger partial charge in [0.25, 0.3) is 11.5 Å². The smallest absolute Gasteiger partial charge is 0.268 e. The van der Waals surface area contributed by atoms with Crippen molar-refractivity contribution in [2.24, 2.45) is 0 Å². The highest BCUT2D eigenvalue weighted by molar-refractivity contribution is 6.18. The molecular weight excluding hydrogens is 344 g/mol. The van der Waals surface area contributed by atoms with Crippen molar-refractivity contribution in [2.45, 2.75) is 25.9 Å². The van der Waals surface area contributed by atoms with Crippen molar-refractivity contribution in [3.63, 3.8) is 0 Å². The summed E-state index contributed by atoms with van der Waals surface area (Å²) >= 11 is 0. The number of rotatable bonds is 7. The van der Waals surface area contributed by atoms with Crippen LogP contribution in [0.1, 0.15) is 25.3 Å². The highest BCUT2D eigenvalue weighted by Crippen LogP contribution is 2.16. The van der Waals surface area contributed by atoms with Crippen molar-refractivity contribution in [1.82, 2.24) is 9.88 Å². The van der Waals surface area contributed by atoms with Gasteiger partial charge < -0.3 is 14.8 Å². The van der Waals surface area contributed by atoms with Crippen LogP contribution < -0.4 is 15.6 Å². The van der Waals surface area contributed by atoms with Crippen molar-refractivity contribution in [2.75, 3.05) is 19.8 Å². The Bertz CT molecular complexity index is 849. The number of carbonyl (C=O) groups excluding carboxylic acids is 1. The molecule has 0 aliphatic carbocycles. The van der Waals surface area contributed by atoms with Crippen LogP contribution in [0.5, 0.6) is 5.75 Å². The molecule has 6 heteroatoms. The van der Waals surface area contributed by atoms with Crippen LogP contribution in [0.25, 0.3) is 11.8 Å². The highest BCUT2D eigenvalue weighted by atomic mass is 16.5. The van der Waals surface area contributed by atoms with Gasteiger partial charge in [0, 0.05) is 25.4 Å². The molecule has 1 saturated heterocycles. The third-order valence-electron chi connectivity index (χ3n) is 4.32. The molecule has 1 N–H and O–H groups in total. The second-order valence-corrected chi connectivity index (χ2v) is 6.29. The molecule has 2 aromatic rings. The third kappa shape index (κ3) is 5.08. The number of aromatic nitrogens is 1. The van der Waals surface area contributed by atoms with Gasteiger partial charge in [0.2, 0.25) is 0 Å². The summed E-state index contributed by atoms with van der Waals surface area (Å²) in [6.07, 6.45) is 5.26. The van der Waals surface area contributed by atoms with Gasteiger partial charge >= 0.3 is 0 Å². The van der Waals surface area contributed by atoms with Crippen molar-refractivity contribution in [3.8, 4) is 5.75 Å². The van der Waals surface area contributed by atoms with Crippen molar-refractivity contribution in [1.29, 1.82) is 0 Å². The summed E-state index contributed by atoms with van der Waals surface area (Å²) < 4.78 is 12.3. The van der Waals surface area contributed by atoms with E-state index in [-0.39, 0.29) is 23.3 Å². The van der Waals surface area contributed by atoms with Gasteiger partial charge in [-0.05, 0) is 49.6 Å². The molecule has 1 aliphatic heterocycles. The minimum absolute atomic E-state index is 0.0353. The van der Waals surface area contributed by atoms with Crippen LogP contribution in [0, 0.1) is 0 Å². The van der Waals surface area contributed by atoms with Crippen LogP contribution in [-0.2, 0) is 9.53 Å². The predicted molar refractivity (Wildman–Crippen MR) is 104 cm³/mol. The molecule has 142 valence electrons. The molecule has 0 bridgehead atoms. The van der Waals surface area contributed by atoms with Gasteiger partial charge in [-0.3, -0.25) is 14.2 Å². The minimum Gasteiger partial charge on any atom is -0.494 e. The van der Waals surface area contributed by atoms with Crippen molar-refractivity contribution in [3.05, 3.63) is 64.6 Å². The Labute approximate surface area is 158 Å². The Hall–Kier alpha value is -2.86. The van der Waals surface area contributed by atoms with Crippen LogP contribution in [0.3, 0.4) is 0 Å². The largest absolute Gasteiger partial charge is 0.494 e. The first-order valence-electron chi connectivity index (χ1n) is 9.20. The van der Waals surface area contributed by atoms with Crippen LogP contribution in [0.2, 0.25) is 0 Å². The standard InChI is InChI=1S/C21H24N2O4/c1-2-26-17-10-8-16(9-11-17)14-19(23-12-4-3-7-20(23)24)21(25)22-15-18-6-5-13-27-18/h3-4,7-12,14,18H,2,5-6,13,15H2,1H3,(H,22,25)/b19-14+/t18-/m0/s1. The van der Waals surface area contributed by atoms with E-state index in [4.69, 9.17) is 9.47 Å². The van der Waals surface area contributed by atoms with Crippen LogP contribution >= 0.6 is 0 Å². The van der Waals surface area contributed by atoms with Gasteiger partial charge in [0.1, 0.15) is 11.4 Å². The molecule has 0 saturated carbocycles. The zero-order chi connectivity index (χ0) is 19.1. The SMILES string of the molecule is CCOc1ccc(/C=C(\C(=O)NC[C@@H]2CCCO2)n2ccccc2=O)cc1. The van der Waals surface area contributed by atoms with E-state index in [1.165, 1.54) is 10.6 Å². The minimum atomic E-state index is -0.312. The van der Waals surface area contributed by atoms with Crippen LogP contribution in [0.4, 0.5) is 0 Å². The Kier molecular flexibility index (Phi) is 6.44. The molecule has 2 heterocycles. The number of hydrogen-bond acceptors (Lipinski definition) is 4. The Balaban J connectivity index is 1.85. The van der Waals surface area contributed by atoms with E-state index in [9.17, 15) is 9.59 Å². The average Bonchev–Trinajstić information content (AvgIpc) is 3.20. The van der Waals surface area contributed by atoms with Gasteiger partial charge in [-0.1, -0.05) is 18.2 Å². The third-order valence-corrected chi connectivity index (χ3v) is 4.32. The summed E-state index contributed by atoms with van der Waals surface area (Å²) in [5, 5.41) is 2.89. The molecule has 1 amide bonds. The van der Waals surface area contributed by atoms with Gasteiger partial charge in [0.05, 0.1) is 12.7 Å². The molecule has 1 aliphatic rings.